The summed E-state index contributed by atoms with van der Waals surface area (Å²) < 4.78 is 0. The van der Waals surface area contributed by atoms with Gasteiger partial charge in [0.15, 0.2) is 0 Å². The second-order valence-corrected chi connectivity index (χ2v) is 4.41. The minimum absolute atomic E-state index is 0.509. The molecule has 0 rings (SSSR count). The summed E-state index contributed by atoms with van der Waals surface area (Å²) in [4.78, 5) is 0. The second kappa shape index (κ2) is 13.0. The van der Waals surface area contributed by atoms with Crippen molar-refractivity contribution in [3.05, 3.63) is 0 Å². The molecular formula is C13H32O. The van der Waals surface area contributed by atoms with Crippen LogP contribution in [0.5, 0.6) is 0 Å². The van der Waals surface area contributed by atoms with Gasteiger partial charge in [-0.2, -0.15) is 0 Å². The van der Waals surface area contributed by atoms with Crippen molar-refractivity contribution in [2.24, 2.45) is 11.3 Å². The topological polar surface area (TPSA) is 20.2 Å². The fourth-order valence-electron chi connectivity index (χ4n) is 0.943. The third kappa shape index (κ3) is 14.5. The molecule has 14 heavy (non-hydrogen) atoms. The highest BCUT2D eigenvalue weighted by Crippen LogP contribution is 2.29. The minimum Gasteiger partial charge on any atom is -0.400 e. The number of aliphatic hydroxyl groups excluding tert-OH is 1. The molecule has 1 nitrogen and oxygen atoms in total. The molecule has 0 heterocycles. The Labute approximate surface area is 91.9 Å². The van der Waals surface area contributed by atoms with Crippen LogP contribution in [0.4, 0.5) is 0 Å². The summed E-state index contributed by atoms with van der Waals surface area (Å²) in [5.41, 5.74) is 0.509. The Kier molecular flexibility index (Phi) is 18.1. The van der Waals surface area contributed by atoms with Crippen molar-refractivity contribution in [1.82, 2.24) is 0 Å². The van der Waals surface area contributed by atoms with Crippen molar-refractivity contribution >= 4 is 0 Å². The summed E-state index contributed by atoms with van der Waals surface area (Å²) in [6.45, 7) is 15.6. The van der Waals surface area contributed by atoms with E-state index in [1.54, 1.807) is 0 Å². The predicted octanol–water partition coefficient (Wildman–Crippen LogP) is 4.49. The Hall–Kier alpha value is -0.0400. The van der Waals surface area contributed by atoms with Gasteiger partial charge in [-0.05, 0) is 11.3 Å². The molecule has 1 atom stereocenters. The van der Waals surface area contributed by atoms with Crippen molar-refractivity contribution in [3.63, 3.8) is 0 Å². The summed E-state index contributed by atoms with van der Waals surface area (Å²) in [5.74, 6) is 0.868. The van der Waals surface area contributed by atoms with Crippen LogP contribution in [-0.4, -0.2) is 12.2 Å². The Morgan fingerprint density at radius 3 is 1.64 bits per heavy atom. The van der Waals surface area contributed by atoms with E-state index in [1.807, 2.05) is 13.8 Å². The summed E-state index contributed by atoms with van der Waals surface area (Å²) in [5, 5.41) is 7.00. The maximum absolute atomic E-state index is 7.00. The van der Waals surface area contributed by atoms with Crippen LogP contribution in [0.1, 0.15) is 67.7 Å². The predicted molar refractivity (Wildman–Crippen MR) is 67.6 cm³/mol. The molecule has 0 aromatic rings. The molecule has 0 radical (unpaired) electrons. The molecule has 0 unspecified atom stereocenters. The van der Waals surface area contributed by atoms with E-state index in [9.17, 15) is 0 Å². The first-order chi connectivity index (χ1) is 6.48. The van der Waals surface area contributed by atoms with Crippen LogP contribution in [0, 0.1) is 11.3 Å². The van der Waals surface area contributed by atoms with Gasteiger partial charge < -0.3 is 5.11 Å². The van der Waals surface area contributed by atoms with Crippen LogP contribution >= 0.6 is 0 Å². The SMILES string of the molecule is CC.CCCC[C@H](C)C(C)(C)C.CO. The van der Waals surface area contributed by atoms with Crippen molar-refractivity contribution < 1.29 is 5.11 Å². The van der Waals surface area contributed by atoms with E-state index in [4.69, 9.17) is 5.11 Å². The first kappa shape index (κ1) is 19.5. The number of rotatable bonds is 3. The molecule has 0 aliphatic heterocycles. The van der Waals surface area contributed by atoms with Crippen molar-refractivity contribution in [2.75, 3.05) is 7.11 Å². The van der Waals surface area contributed by atoms with E-state index in [2.05, 4.69) is 34.6 Å². The minimum atomic E-state index is 0.509. The van der Waals surface area contributed by atoms with Crippen molar-refractivity contribution in [2.45, 2.75) is 67.7 Å². The Morgan fingerprint density at radius 1 is 1.07 bits per heavy atom. The molecule has 0 saturated carbocycles. The molecular weight excluding hydrogens is 172 g/mol. The van der Waals surface area contributed by atoms with Crippen LogP contribution < -0.4 is 0 Å². The summed E-state index contributed by atoms with van der Waals surface area (Å²) >= 11 is 0. The fourth-order valence-corrected chi connectivity index (χ4v) is 0.943. The Balaban J connectivity index is -0.000000266. The molecule has 0 aliphatic carbocycles. The van der Waals surface area contributed by atoms with Gasteiger partial charge >= 0.3 is 0 Å². The lowest BCUT2D eigenvalue weighted by Crippen LogP contribution is -2.16. The molecule has 0 aromatic carbocycles. The van der Waals surface area contributed by atoms with Crippen LogP contribution in [0.25, 0.3) is 0 Å². The van der Waals surface area contributed by atoms with Crippen molar-refractivity contribution in [1.29, 1.82) is 0 Å². The number of hydrogen-bond acceptors (Lipinski definition) is 1. The molecule has 1 heteroatoms. The van der Waals surface area contributed by atoms with E-state index >= 15 is 0 Å². The number of aliphatic hydroxyl groups is 1. The zero-order valence-electron chi connectivity index (χ0n) is 11.6. The molecule has 90 valence electrons. The lowest BCUT2D eigenvalue weighted by atomic mass is 9.79. The number of unbranched alkanes of at least 4 members (excludes halogenated alkanes) is 1. The van der Waals surface area contributed by atoms with Gasteiger partial charge in [-0.15, -0.1) is 0 Å². The highest BCUT2D eigenvalue weighted by Gasteiger charge is 2.18. The average molecular weight is 204 g/mol. The third-order valence-corrected chi connectivity index (χ3v) is 2.47. The lowest BCUT2D eigenvalue weighted by Gasteiger charge is -2.26. The fraction of sp³-hybridized carbons (Fsp3) is 1.00. The van der Waals surface area contributed by atoms with Gasteiger partial charge in [0.1, 0.15) is 0 Å². The third-order valence-electron chi connectivity index (χ3n) is 2.47. The maximum Gasteiger partial charge on any atom is 0.0319 e. The molecule has 0 spiro atoms. The Morgan fingerprint density at radius 2 is 1.43 bits per heavy atom. The second-order valence-electron chi connectivity index (χ2n) is 4.41. The van der Waals surface area contributed by atoms with E-state index < -0.39 is 0 Å². The molecule has 0 aromatic heterocycles. The summed E-state index contributed by atoms with van der Waals surface area (Å²) in [6.07, 6.45) is 4.11. The summed E-state index contributed by atoms with van der Waals surface area (Å²) in [7, 11) is 1.00. The maximum atomic E-state index is 7.00. The monoisotopic (exact) mass is 204 g/mol. The van der Waals surface area contributed by atoms with Gasteiger partial charge in [-0.25, -0.2) is 0 Å². The quantitative estimate of drug-likeness (QED) is 0.718. The highest BCUT2D eigenvalue weighted by molar-refractivity contribution is 4.69. The van der Waals surface area contributed by atoms with E-state index in [0.29, 0.717) is 5.41 Å². The summed E-state index contributed by atoms with van der Waals surface area (Å²) in [6, 6.07) is 0. The molecule has 0 saturated heterocycles. The normalized spacial score (nSPS) is 11.8. The molecule has 0 amide bonds. The highest BCUT2D eigenvalue weighted by atomic mass is 16.2. The zero-order chi connectivity index (χ0) is 12.2. The van der Waals surface area contributed by atoms with Gasteiger partial charge in [0.25, 0.3) is 0 Å². The Bertz CT molecular complexity index is 81.7. The van der Waals surface area contributed by atoms with Crippen LogP contribution in [-0.2, 0) is 0 Å². The van der Waals surface area contributed by atoms with Crippen molar-refractivity contribution in [3.8, 4) is 0 Å². The average Bonchev–Trinajstić information content (AvgIpc) is 2.19. The standard InChI is InChI=1S/C10H22.C2H6.CH4O/c1-6-7-8-9(2)10(3,4)5;2*1-2/h9H,6-8H2,1-5H3;1-2H3;2H,1H3/t9-;;/m0../s1. The van der Waals surface area contributed by atoms with Gasteiger partial charge in [-0.1, -0.05) is 67.7 Å². The largest absolute Gasteiger partial charge is 0.400 e. The lowest BCUT2D eigenvalue weighted by molar-refractivity contribution is 0.242. The molecule has 1 N–H and O–H groups in total. The van der Waals surface area contributed by atoms with Gasteiger partial charge in [0.2, 0.25) is 0 Å². The van der Waals surface area contributed by atoms with Gasteiger partial charge in [-0.3, -0.25) is 0 Å². The molecule has 0 fully saturated rings. The van der Waals surface area contributed by atoms with Gasteiger partial charge in [0.05, 0.1) is 0 Å². The zero-order valence-corrected chi connectivity index (χ0v) is 11.6. The van der Waals surface area contributed by atoms with Crippen LogP contribution in [0.2, 0.25) is 0 Å². The molecule has 0 bridgehead atoms. The van der Waals surface area contributed by atoms with E-state index in [1.165, 1.54) is 19.3 Å². The molecule has 0 aliphatic rings. The van der Waals surface area contributed by atoms with Crippen LogP contribution in [0.3, 0.4) is 0 Å². The smallest absolute Gasteiger partial charge is 0.0319 e. The number of hydrogen-bond donors (Lipinski definition) is 1. The first-order valence-corrected chi connectivity index (χ1v) is 5.93. The van der Waals surface area contributed by atoms with E-state index in [0.717, 1.165) is 13.0 Å². The van der Waals surface area contributed by atoms with E-state index in [-0.39, 0.29) is 0 Å². The van der Waals surface area contributed by atoms with Gasteiger partial charge in [0, 0.05) is 7.11 Å². The first-order valence-electron chi connectivity index (χ1n) is 5.93. The van der Waals surface area contributed by atoms with Crippen LogP contribution in [0.15, 0.2) is 0 Å².